The molecule has 1 aliphatic rings. The molecule has 0 aliphatic carbocycles. The molecule has 3 rings (SSSR count). The van der Waals surface area contributed by atoms with Crippen LogP contribution in [0.25, 0.3) is 11.3 Å². The van der Waals surface area contributed by atoms with Gasteiger partial charge in [0.15, 0.2) is 11.5 Å². The Hall–Kier alpha value is -2.31. The Morgan fingerprint density at radius 2 is 2.25 bits per heavy atom. The molecule has 0 atom stereocenters. The van der Waals surface area contributed by atoms with Crippen molar-refractivity contribution in [3.8, 4) is 22.8 Å². The van der Waals surface area contributed by atoms with Crippen molar-refractivity contribution in [1.82, 2.24) is 9.88 Å². The van der Waals surface area contributed by atoms with E-state index in [1.165, 1.54) is 0 Å². The smallest absolute Gasteiger partial charge is 0.224 e. The van der Waals surface area contributed by atoms with Crippen LogP contribution in [0.4, 0.5) is 0 Å². The van der Waals surface area contributed by atoms with Crippen LogP contribution in [0.15, 0.2) is 30.5 Å². The maximum Gasteiger partial charge on any atom is 0.224 e. The van der Waals surface area contributed by atoms with E-state index in [0.717, 1.165) is 11.1 Å². The molecule has 2 heterocycles. The van der Waals surface area contributed by atoms with Crippen molar-refractivity contribution >= 4 is 17.5 Å². The lowest BCUT2D eigenvalue weighted by Gasteiger charge is -2.19. The van der Waals surface area contributed by atoms with Crippen LogP contribution in [-0.2, 0) is 11.3 Å². The van der Waals surface area contributed by atoms with Gasteiger partial charge < -0.3 is 20.5 Å². The molecule has 6 nitrogen and oxygen atoms in total. The standard InChI is InChI=1S/C17H18ClN3O3/c18-13-1-2-14(20-9-13)11-7-12-10-21(16(23)3-4-19)5-6-24-17(12)15(22)8-11/h1-2,7-9,22H,3-6,10,19H2. The number of aromatic nitrogens is 1. The molecule has 0 spiro atoms. The lowest BCUT2D eigenvalue weighted by atomic mass is 10.0. The number of rotatable bonds is 3. The highest BCUT2D eigenvalue weighted by Crippen LogP contribution is 2.37. The number of amides is 1. The summed E-state index contributed by atoms with van der Waals surface area (Å²) in [6.07, 6.45) is 1.84. The lowest BCUT2D eigenvalue weighted by molar-refractivity contribution is -0.131. The molecule has 1 amide bonds. The highest BCUT2D eigenvalue weighted by Gasteiger charge is 2.22. The van der Waals surface area contributed by atoms with E-state index in [4.69, 9.17) is 22.1 Å². The van der Waals surface area contributed by atoms with E-state index in [2.05, 4.69) is 4.98 Å². The zero-order valence-corrected chi connectivity index (χ0v) is 13.8. The zero-order valence-electron chi connectivity index (χ0n) is 13.0. The monoisotopic (exact) mass is 347 g/mol. The molecule has 0 bridgehead atoms. The van der Waals surface area contributed by atoms with E-state index in [0.29, 0.717) is 49.1 Å². The van der Waals surface area contributed by atoms with E-state index in [1.54, 1.807) is 29.3 Å². The number of halogens is 1. The number of carbonyl (C=O) groups excluding carboxylic acids is 1. The molecule has 126 valence electrons. The summed E-state index contributed by atoms with van der Waals surface area (Å²) in [5.41, 5.74) is 7.63. The molecule has 0 unspecified atom stereocenters. The van der Waals surface area contributed by atoms with Crippen LogP contribution >= 0.6 is 11.6 Å². The Kier molecular flexibility index (Phi) is 4.87. The first-order chi connectivity index (χ1) is 11.6. The Labute approximate surface area is 144 Å². The second-order valence-electron chi connectivity index (χ2n) is 5.55. The third-order valence-electron chi connectivity index (χ3n) is 3.85. The molecule has 24 heavy (non-hydrogen) atoms. The van der Waals surface area contributed by atoms with Crippen LogP contribution in [0.3, 0.4) is 0 Å². The number of benzene rings is 1. The maximum atomic E-state index is 12.1. The third kappa shape index (κ3) is 3.44. The van der Waals surface area contributed by atoms with Gasteiger partial charge in [-0.3, -0.25) is 9.78 Å². The normalized spacial score (nSPS) is 13.8. The van der Waals surface area contributed by atoms with E-state index in [9.17, 15) is 9.90 Å². The predicted molar refractivity (Wildman–Crippen MR) is 90.9 cm³/mol. The van der Waals surface area contributed by atoms with Crippen molar-refractivity contribution in [3.63, 3.8) is 0 Å². The first kappa shape index (κ1) is 16.5. The van der Waals surface area contributed by atoms with Crippen LogP contribution in [0, 0.1) is 0 Å². The quantitative estimate of drug-likeness (QED) is 0.888. The highest BCUT2D eigenvalue weighted by molar-refractivity contribution is 6.30. The first-order valence-corrected chi connectivity index (χ1v) is 8.04. The van der Waals surface area contributed by atoms with Gasteiger partial charge in [-0.05, 0) is 24.3 Å². The molecule has 0 fully saturated rings. The number of carbonyl (C=O) groups is 1. The molecule has 0 saturated heterocycles. The second kappa shape index (κ2) is 7.07. The fraction of sp³-hybridized carbons (Fsp3) is 0.294. The third-order valence-corrected chi connectivity index (χ3v) is 4.07. The summed E-state index contributed by atoms with van der Waals surface area (Å²) < 4.78 is 5.63. The van der Waals surface area contributed by atoms with Crippen LogP contribution in [0.5, 0.6) is 11.5 Å². The van der Waals surface area contributed by atoms with Crippen molar-refractivity contribution in [2.75, 3.05) is 19.7 Å². The minimum absolute atomic E-state index is 0.0246. The number of nitrogens with two attached hydrogens (primary N) is 1. The van der Waals surface area contributed by atoms with Gasteiger partial charge in [0, 0.05) is 36.8 Å². The minimum Gasteiger partial charge on any atom is -0.504 e. The highest BCUT2D eigenvalue weighted by atomic mass is 35.5. The van der Waals surface area contributed by atoms with Gasteiger partial charge in [-0.15, -0.1) is 0 Å². The fourth-order valence-electron chi connectivity index (χ4n) is 2.69. The summed E-state index contributed by atoms with van der Waals surface area (Å²) >= 11 is 5.86. The number of pyridine rings is 1. The van der Waals surface area contributed by atoms with Crippen LogP contribution < -0.4 is 10.5 Å². The molecular formula is C17H18ClN3O3. The summed E-state index contributed by atoms with van der Waals surface area (Å²) in [5, 5.41) is 10.8. The van der Waals surface area contributed by atoms with E-state index in [1.807, 2.05) is 6.07 Å². The molecule has 3 N–H and O–H groups in total. The average Bonchev–Trinajstić information content (AvgIpc) is 2.78. The Morgan fingerprint density at radius 3 is 2.96 bits per heavy atom. The van der Waals surface area contributed by atoms with E-state index >= 15 is 0 Å². The topological polar surface area (TPSA) is 88.7 Å². The van der Waals surface area contributed by atoms with Gasteiger partial charge in [0.1, 0.15) is 6.61 Å². The number of phenols is 1. The molecular weight excluding hydrogens is 330 g/mol. The van der Waals surface area contributed by atoms with Crippen molar-refractivity contribution < 1.29 is 14.6 Å². The van der Waals surface area contributed by atoms with Gasteiger partial charge in [-0.1, -0.05) is 11.6 Å². The molecule has 1 aliphatic heterocycles. The number of hydrogen-bond acceptors (Lipinski definition) is 5. The van der Waals surface area contributed by atoms with Gasteiger partial charge >= 0.3 is 0 Å². The number of fused-ring (bicyclic) bond motifs is 1. The number of phenolic OH excluding ortho intramolecular Hbond substituents is 1. The van der Waals surface area contributed by atoms with Gasteiger partial charge in [-0.2, -0.15) is 0 Å². The first-order valence-electron chi connectivity index (χ1n) is 7.67. The summed E-state index contributed by atoms with van der Waals surface area (Å²) in [7, 11) is 0. The Morgan fingerprint density at radius 1 is 1.42 bits per heavy atom. The van der Waals surface area contributed by atoms with Crippen molar-refractivity contribution in [2.24, 2.45) is 5.73 Å². The number of aromatic hydroxyl groups is 1. The summed E-state index contributed by atoms with van der Waals surface area (Å²) in [5.74, 6) is 0.423. The molecule has 7 heteroatoms. The van der Waals surface area contributed by atoms with Crippen LogP contribution in [0.1, 0.15) is 12.0 Å². The average molecular weight is 348 g/mol. The molecule has 2 aromatic rings. The molecule has 0 radical (unpaired) electrons. The molecule has 0 saturated carbocycles. The summed E-state index contributed by atoms with van der Waals surface area (Å²) in [6.45, 7) is 1.46. The van der Waals surface area contributed by atoms with E-state index in [-0.39, 0.29) is 11.7 Å². The van der Waals surface area contributed by atoms with Crippen LogP contribution in [0.2, 0.25) is 5.02 Å². The van der Waals surface area contributed by atoms with Crippen molar-refractivity contribution in [1.29, 1.82) is 0 Å². The minimum atomic E-state index is -0.0246. The lowest BCUT2D eigenvalue weighted by Crippen LogP contribution is -2.33. The van der Waals surface area contributed by atoms with Gasteiger partial charge in [0.25, 0.3) is 0 Å². The van der Waals surface area contributed by atoms with Gasteiger partial charge in [0.05, 0.1) is 17.3 Å². The zero-order chi connectivity index (χ0) is 17.1. The Balaban J connectivity index is 1.96. The maximum absolute atomic E-state index is 12.1. The SMILES string of the molecule is NCCC(=O)N1CCOc2c(O)cc(-c3ccc(Cl)cn3)cc2C1. The fourth-order valence-corrected chi connectivity index (χ4v) is 2.80. The molecule has 1 aromatic heterocycles. The van der Waals surface area contributed by atoms with Crippen molar-refractivity contribution in [2.45, 2.75) is 13.0 Å². The number of ether oxygens (including phenoxy) is 1. The number of nitrogens with zero attached hydrogens (tertiary/aromatic N) is 2. The van der Waals surface area contributed by atoms with E-state index < -0.39 is 0 Å². The largest absolute Gasteiger partial charge is 0.504 e. The second-order valence-corrected chi connectivity index (χ2v) is 5.98. The summed E-state index contributed by atoms with van der Waals surface area (Å²) in [4.78, 5) is 18.1. The van der Waals surface area contributed by atoms with Crippen molar-refractivity contribution in [3.05, 3.63) is 41.0 Å². The van der Waals surface area contributed by atoms with Gasteiger partial charge in [-0.25, -0.2) is 0 Å². The predicted octanol–water partition coefficient (Wildman–Crippen LogP) is 2.18. The molecule has 1 aromatic carbocycles. The Bertz CT molecular complexity index is 749. The summed E-state index contributed by atoms with van der Waals surface area (Å²) in [6, 6.07) is 6.99. The number of hydrogen-bond donors (Lipinski definition) is 2. The van der Waals surface area contributed by atoms with Crippen LogP contribution in [-0.4, -0.2) is 40.6 Å². The van der Waals surface area contributed by atoms with Gasteiger partial charge in [0.2, 0.25) is 5.91 Å².